The van der Waals surface area contributed by atoms with Crippen LogP contribution in [-0.4, -0.2) is 33.8 Å². The minimum Gasteiger partial charge on any atom is -0.459 e. The average Bonchev–Trinajstić information content (AvgIpc) is 3.09. The van der Waals surface area contributed by atoms with Crippen molar-refractivity contribution in [2.75, 3.05) is 7.11 Å². The molecule has 1 N–H and O–H groups in total. The number of ether oxygens (including phenoxy) is 1. The van der Waals surface area contributed by atoms with Crippen molar-refractivity contribution in [1.82, 2.24) is 20.1 Å². The summed E-state index contributed by atoms with van der Waals surface area (Å²) in [5.74, 6) is 1.97. The monoisotopic (exact) mass is 290 g/mol. The Bertz CT molecular complexity index is 606. The van der Waals surface area contributed by atoms with Crippen LogP contribution in [0.4, 0.5) is 0 Å². The van der Waals surface area contributed by atoms with E-state index in [1.54, 1.807) is 19.2 Å². The van der Waals surface area contributed by atoms with Crippen LogP contribution in [0.15, 0.2) is 22.8 Å². The van der Waals surface area contributed by atoms with Gasteiger partial charge in [0, 0.05) is 26.1 Å². The number of furan rings is 1. The second-order valence-corrected chi connectivity index (χ2v) is 5.09. The number of fused-ring (bicyclic) bond motifs is 1. The van der Waals surface area contributed by atoms with Crippen molar-refractivity contribution in [3.05, 3.63) is 35.8 Å². The topological polar surface area (TPSA) is 82.2 Å². The molecule has 1 unspecified atom stereocenters. The molecule has 1 aliphatic heterocycles. The van der Waals surface area contributed by atoms with Gasteiger partial charge in [0.25, 0.3) is 5.91 Å². The van der Waals surface area contributed by atoms with E-state index in [-0.39, 0.29) is 11.9 Å². The van der Waals surface area contributed by atoms with E-state index in [0.29, 0.717) is 12.4 Å². The number of nitrogens with one attached hydrogen (secondary N) is 1. The van der Waals surface area contributed by atoms with Crippen LogP contribution in [0.25, 0.3) is 0 Å². The van der Waals surface area contributed by atoms with E-state index in [4.69, 9.17) is 9.15 Å². The summed E-state index contributed by atoms with van der Waals surface area (Å²) in [6.45, 7) is 1.24. The Labute approximate surface area is 122 Å². The standard InChI is InChI=1S/C14H18N4O3/c1-20-9-13-17-16-12-5-4-10(6-7-18(12)13)15-14(19)11-3-2-8-21-11/h2-3,8,10H,4-7,9H2,1H3,(H,15,19). The van der Waals surface area contributed by atoms with Gasteiger partial charge >= 0.3 is 0 Å². The quantitative estimate of drug-likeness (QED) is 0.913. The number of carbonyl (C=O) groups is 1. The summed E-state index contributed by atoms with van der Waals surface area (Å²) >= 11 is 0. The van der Waals surface area contributed by atoms with Crippen LogP contribution in [0.3, 0.4) is 0 Å². The lowest BCUT2D eigenvalue weighted by atomic mass is 10.1. The first-order valence-corrected chi connectivity index (χ1v) is 7.02. The molecule has 0 fully saturated rings. The first kappa shape index (κ1) is 13.8. The van der Waals surface area contributed by atoms with Crippen LogP contribution < -0.4 is 5.32 Å². The fourth-order valence-corrected chi connectivity index (χ4v) is 2.59. The molecule has 0 aromatic carbocycles. The highest BCUT2D eigenvalue weighted by Crippen LogP contribution is 2.16. The molecule has 0 aliphatic carbocycles. The zero-order chi connectivity index (χ0) is 14.7. The maximum atomic E-state index is 12.0. The number of amides is 1. The molecular formula is C14H18N4O3. The number of aryl methyl sites for hydroxylation is 1. The van der Waals surface area contributed by atoms with Crippen LogP contribution in [0.5, 0.6) is 0 Å². The Balaban J connectivity index is 1.63. The summed E-state index contributed by atoms with van der Waals surface area (Å²) in [4.78, 5) is 12.0. The molecule has 1 atom stereocenters. The van der Waals surface area contributed by atoms with Crippen molar-refractivity contribution >= 4 is 5.91 Å². The lowest BCUT2D eigenvalue weighted by molar-refractivity contribution is 0.0904. The van der Waals surface area contributed by atoms with Gasteiger partial charge in [-0.2, -0.15) is 0 Å². The molecule has 112 valence electrons. The zero-order valence-corrected chi connectivity index (χ0v) is 11.9. The van der Waals surface area contributed by atoms with E-state index in [0.717, 1.165) is 37.5 Å². The van der Waals surface area contributed by atoms with Gasteiger partial charge in [-0.1, -0.05) is 0 Å². The molecule has 3 rings (SSSR count). The van der Waals surface area contributed by atoms with Crippen LogP contribution in [0.1, 0.15) is 35.0 Å². The minimum absolute atomic E-state index is 0.111. The largest absolute Gasteiger partial charge is 0.459 e. The molecule has 7 nitrogen and oxygen atoms in total. The number of methoxy groups -OCH3 is 1. The first-order valence-electron chi connectivity index (χ1n) is 7.02. The lowest BCUT2D eigenvalue weighted by Gasteiger charge is -2.15. The number of nitrogens with zero attached hydrogens (tertiary/aromatic N) is 3. The third kappa shape index (κ3) is 2.97. The number of hydrogen-bond acceptors (Lipinski definition) is 5. The molecule has 0 saturated carbocycles. The van der Waals surface area contributed by atoms with Gasteiger partial charge in [-0.25, -0.2) is 0 Å². The third-order valence-electron chi connectivity index (χ3n) is 3.68. The Morgan fingerprint density at radius 3 is 3.19 bits per heavy atom. The molecule has 1 aliphatic rings. The predicted molar refractivity (Wildman–Crippen MR) is 73.6 cm³/mol. The van der Waals surface area contributed by atoms with E-state index >= 15 is 0 Å². The zero-order valence-electron chi connectivity index (χ0n) is 11.9. The highest BCUT2D eigenvalue weighted by Gasteiger charge is 2.22. The van der Waals surface area contributed by atoms with Gasteiger partial charge in [-0.05, 0) is 25.0 Å². The van der Waals surface area contributed by atoms with Gasteiger partial charge in [0.2, 0.25) is 0 Å². The maximum absolute atomic E-state index is 12.0. The molecule has 0 saturated heterocycles. The van der Waals surface area contributed by atoms with Crippen LogP contribution in [0.2, 0.25) is 0 Å². The van der Waals surface area contributed by atoms with Gasteiger partial charge in [-0.3, -0.25) is 4.79 Å². The smallest absolute Gasteiger partial charge is 0.287 e. The molecule has 21 heavy (non-hydrogen) atoms. The van der Waals surface area contributed by atoms with Crippen molar-refractivity contribution in [1.29, 1.82) is 0 Å². The molecule has 0 bridgehead atoms. The van der Waals surface area contributed by atoms with E-state index in [1.807, 2.05) is 0 Å². The van der Waals surface area contributed by atoms with Gasteiger partial charge < -0.3 is 19.0 Å². The second-order valence-electron chi connectivity index (χ2n) is 5.09. The van der Waals surface area contributed by atoms with Gasteiger partial charge in [0.15, 0.2) is 11.6 Å². The average molecular weight is 290 g/mol. The normalized spacial score (nSPS) is 18.0. The summed E-state index contributed by atoms with van der Waals surface area (Å²) in [5.41, 5.74) is 0. The summed E-state index contributed by atoms with van der Waals surface area (Å²) < 4.78 is 12.3. The van der Waals surface area contributed by atoms with E-state index < -0.39 is 0 Å². The third-order valence-corrected chi connectivity index (χ3v) is 3.68. The number of rotatable bonds is 4. The fraction of sp³-hybridized carbons (Fsp3) is 0.500. The number of carbonyl (C=O) groups excluding carboxylic acids is 1. The predicted octanol–water partition coefficient (Wildman–Crippen LogP) is 1.15. The Morgan fingerprint density at radius 1 is 1.52 bits per heavy atom. The second kappa shape index (κ2) is 6.09. The molecule has 7 heteroatoms. The summed E-state index contributed by atoms with van der Waals surface area (Å²) in [7, 11) is 1.64. The van der Waals surface area contributed by atoms with Crippen molar-refractivity contribution in [3.63, 3.8) is 0 Å². The van der Waals surface area contributed by atoms with Gasteiger partial charge in [0.1, 0.15) is 12.4 Å². The molecule has 0 radical (unpaired) electrons. The summed E-state index contributed by atoms with van der Waals surface area (Å²) in [6.07, 6.45) is 3.98. The molecule has 2 aromatic heterocycles. The fourth-order valence-electron chi connectivity index (χ4n) is 2.59. The van der Waals surface area contributed by atoms with Gasteiger partial charge in [0.05, 0.1) is 6.26 Å². The first-order chi connectivity index (χ1) is 10.3. The Kier molecular flexibility index (Phi) is 4.01. The van der Waals surface area contributed by atoms with E-state index in [2.05, 4.69) is 20.1 Å². The molecule has 0 spiro atoms. The number of hydrogen-bond donors (Lipinski definition) is 1. The van der Waals surface area contributed by atoms with E-state index in [1.165, 1.54) is 6.26 Å². The molecule has 3 heterocycles. The van der Waals surface area contributed by atoms with Crippen molar-refractivity contribution in [3.8, 4) is 0 Å². The van der Waals surface area contributed by atoms with Gasteiger partial charge in [-0.15, -0.1) is 10.2 Å². The van der Waals surface area contributed by atoms with Crippen molar-refractivity contribution in [2.45, 2.75) is 38.5 Å². The molecular weight excluding hydrogens is 272 g/mol. The summed E-state index contributed by atoms with van der Waals surface area (Å²) in [6, 6.07) is 3.48. The highest BCUT2D eigenvalue weighted by molar-refractivity contribution is 5.91. The minimum atomic E-state index is -0.167. The summed E-state index contributed by atoms with van der Waals surface area (Å²) in [5, 5.41) is 11.4. The Morgan fingerprint density at radius 2 is 2.43 bits per heavy atom. The van der Waals surface area contributed by atoms with Crippen LogP contribution >= 0.6 is 0 Å². The van der Waals surface area contributed by atoms with Crippen molar-refractivity contribution < 1.29 is 13.9 Å². The van der Waals surface area contributed by atoms with Crippen LogP contribution in [-0.2, 0) is 24.3 Å². The molecule has 2 aromatic rings. The van der Waals surface area contributed by atoms with Crippen LogP contribution in [0, 0.1) is 0 Å². The van der Waals surface area contributed by atoms with E-state index in [9.17, 15) is 4.79 Å². The SMILES string of the molecule is COCc1nnc2n1CCC(NC(=O)c1ccco1)CC2. The number of aromatic nitrogens is 3. The highest BCUT2D eigenvalue weighted by atomic mass is 16.5. The lowest BCUT2D eigenvalue weighted by Crippen LogP contribution is -2.35. The Hall–Kier alpha value is -2.15. The maximum Gasteiger partial charge on any atom is 0.287 e. The van der Waals surface area contributed by atoms with Crippen molar-refractivity contribution in [2.24, 2.45) is 0 Å². The molecule has 1 amide bonds.